The zero-order valence-corrected chi connectivity index (χ0v) is 14.0. The van der Waals surface area contributed by atoms with E-state index in [4.69, 9.17) is 0 Å². The Morgan fingerprint density at radius 3 is 2.87 bits per heavy atom. The molecule has 0 bridgehead atoms. The van der Waals surface area contributed by atoms with Crippen LogP contribution in [0.4, 0.5) is 0 Å². The zero-order valence-electron chi connectivity index (χ0n) is 14.0. The number of hydrogen-bond donors (Lipinski definition) is 0. The summed E-state index contributed by atoms with van der Waals surface area (Å²) in [5.74, 6) is 0.734. The maximum atomic E-state index is 12.4. The molecule has 1 amide bonds. The van der Waals surface area contributed by atoms with Gasteiger partial charge in [-0.3, -0.25) is 9.78 Å². The van der Waals surface area contributed by atoms with Crippen LogP contribution in [-0.2, 0) is 11.2 Å². The Bertz CT molecular complexity index is 681. The Labute approximate surface area is 138 Å². The number of aromatic nitrogens is 1. The molecule has 1 aromatic carbocycles. The van der Waals surface area contributed by atoms with Gasteiger partial charge in [0.05, 0.1) is 0 Å². The summed E-state index contributed by atoms with van der Waals surface area (Å²) in [6, 6.07) is 12.5. The summed E-state index contributed by atoms with van der Waals surface area (Å²) in [6.45, 7) is 6.02. The minimum absolute atomic E-state index is 0.253. The van der Waals surface area contributed by atoms with E-state index in [1.54, 1.807) is 6.20 Å². The van der Waals surface area contributed by atoms with Crippen LogP contribution in [0, 0.1) is 13.8 Å². The molecule has 3 nitrogen and oxygen atoms in total. The molecule has 0 unspecified atom stereocenters. The molecular formula is C20H24N2O. The molecule has 1 aromatic heterocycles. The first-order valence-electron chi connectivity index (χ1n) is 8.38. The number of carbonyl (C=O) groups is 1. The van der Waals surface area contributed by atoms with Crippen molar-refractivity contribution in [3.8, 4) is 0 Å². The minimum atomic E-state index is 0.253. The normalized spacial score (nSPS) is 17.5. The molecule has 0 radical (unpaired) electrons. The predicted molar refractivity (Wildman–Crippen MR) is 92.4 cm³/mol. The highest BCUT2D eigenvalue weighted by molar-refractivity contribution is 5.76. The van der Waals surface area contributed by atoms with Crippen LogP contribution in [0.2, 0.25) is 0 Å². The van der Waals surface area contributed by atoms with Crippen LogP contribution < -0.4 is 0 Å². The molecule has 2 aromatic rings. The molecule has 0 N–H and O–H groups in total. The van der Waals surface area contributed by atoms with E-state index in [0.29, 0.717) is 12.3 Å². The third-order valence-electron chi connectivity index (χ3n) is 4.73. The Morgan fingerprint density at radius 2 is 2.13 bits per heavy atom. The standard InChI is InChI=1S/C20H24N2O/c1-15-6-8-19(16(2)13-15)17-10-12-22(14-17)20(23)9-7-18-5-3-4-11-21-18/h3-6,8,11,13,17H,7,9-10,12,14H2,1-2H3/t17-/m0/s1. The SMILES string of the molecule is Cc1ccc([C@H]2CCN(C(=O)CCc3ccccn3)C2)c(C)c1. The van der Waals surface area contributed by atoms with Gasteiger partial charge in [-0.25, -0.2) is 0 Å². The van der Waals surface area contributed by atoms with Crippen molar-refractivity contribution in [2.24, 2.45) is 0 Å². The van der Waals surface area contributed by atoms with Crippen molar-refractivity contribution in [1.29, 1.82) is 0 Å². The third-order valence-corrected chi connectivity index (χ3v) is 4.73. The molecule has 1 fully saturated rings. The number of nitrogens with zero attached hydrogens (tertiary/aromatic N) is 2. The smallest absolute Gasteiger partial charge is 0.222 e. The fourth-order valence-electron chi connectivity index (χ4n) is 3.46. The van der Waals surface area contributed by atoms with Gasteiger partial charge in [-0.2, -0.15) is 0 Å². The van der Waals surface area contributed by atoms with Crippen molar-refractivity contribution in [2.75, 3.05) is 13.1 Å². The third kappa shape index (κ3) is 3.79. The highest BCUT2D eigenvalue weighted by Crippen LogP contribution is 2.30. The summed E-state index contributed by atoms with van der Waals surface area (Å²) in [4.78, 5) is 18.7. The Kier molecular flexibility index (Phi) is 4.75. The summed E-state index contributed by atoms with van der Waals surface area (Å²) >= 11 is 0. The van der Waals surface area contributed by atoms with E-state index < -0.39 is 0 Å². The summed E-state index contributed by atoms with van der Waals surface area (Å²) in [6.07, 6.45) is 4.13. The highest BCUT2D eigenvalue weighted by Gasteiger charge is 2.27. The molecule has 0 spiro atoms. The quantitative estimate of drug-likeness (QED) is 0.864. The van der Waals surface area contributed by atoms with Gasteiger partial charge in [-0.05, 0) is 49.9 Å². The minimum Gasteiger partial charge on any atom is -0.342 e. The molecule has 3 heteroatoms. The van der Waals surface area contributed by atoms with Gasteiger partial charge in [-0.15, -0.1) is 0 Å². The summed E-state index contributed by atoms with van der Waals surface area (Å²) in [5.41, 5.74) is 5.03. The van der Waals surface area contributed by atoms with Crippen molar-refractivity contribution in [1.82, 2.24) is 9.88 Å². The molecule has 1 atom stereocenters. The van der Waals surface area contributed by atoms with Gasteiger partial charge in [0.2, 0.25) is 5.91 Å². The second kappa shape index (κ2) is 6.95. The van der Waals surface area contributed by atoms with Crippen LogP contribution in [0.3, 0.4) is 0 Å². The number of amides is 1. The molecule has 0 aliphatic carbocycles. The van der Waals surface area contributed by atoms with Crippen LogP contribution >= 0.6 is 0 Å². The molecule has 1 aliphatic rings. The summed E-state index contributed by atoms with van der Waals surface area (Å²) < 4.78 is 0. The molecule has 1 aliphatic heterocycles. The number of likely N-dealkylation sites (tertiary alicyclic amines) is 1. The summed E-state index contributed by atoms with van der Waals surface area (Å²) in [7, 11) is 0. The second-order valence-electron chi connectivity index (χ2n) is 6.51. The van der Waals surface area contributed by atoms with Gasteiger partial charge >= 0.3 is 0 Å². The van der Waals surface area contributed by atoms with Crippen LogP contribution in [0.25, 0.3) is 0 Å². The Morgan fingerprint density at radius 1 is 1.26 bits per heavy atom. The van der Waals surface area contributed by atoms with Crippen molar-refractivity contribution in [3.05, 3.63) is 65.0 Å². The maximum absolute atomic E-state index is 12.4. The lowest BCUT2D eigenvalue weighted by molar-refractivity contribution is -0.130. The maximum Gasteiger partial charge on any atom is 0.222 e. The Balaban J connectivity index is 1.57. The molecule has 120 valence electrons. The number of rotatable bonds is 4. The van der Waals surface area contributed by atoms with Crippen molar-refractivity contribution in [3.63, 3.8) is 0 Å². The van der Waals surface area contributed by atoms with Crippen molar-refractivity contribution < 1.29 is 4.79 Å². The molecule has 0 saturated carbocycles. The van der Waals surface area contributed by atoms with Crippen LogP contribution in [0.1, 0.15) is 41.1 Å². The fraction of sp³-hybridized carbons (Fsp3) is 0.400. The lowest BCUT2D eigenvalue weighted by atomic mass is 9.93. The van der Waals surface area contributed by atoms with E-state index in [2.05, 4.69) is 37.0 Å². The van der Waals surface area contributed by atoms with E-state index in [1.165, 1.54) is 16.7 Å². The van der Waals surface area contributed by atoms with Crippen molar-refractivity contribution in [2.45, 2.75) is 39.0 Å². The first-order valence-corrected chi connectivity index (χ1v) is 8.38. The monoisotopic (exact) mass is 308 g/mol. The van der Waals surface area contributed by atoms with Gasteiger partial charge in [0.25, 0.3) is 0 Å². The van der Waals surface area contributed by atoms with Gasteiger partial charge < -0.3 is 4.90 Å². The van der Waals surface area contributed by atoms with Crippen LogP contribution in [-0.4, -0.2) is 28.9 Å². The Hall–Kier alpha value is -2.16. The van der Waals surface area contributed by atoms with Crippen molar-refractivity contribution >= 4 is 5.91 Å². The second-order valence-corrected chi connectivity index (χ2v) is 6.51. The van der Waals surface area contributed by atoms with Crippen LogP contribution in [0.5, 0.6) is 0 Å². The molecular weight excluding hydrogens is 284 g/mol. The molecule has 1 saturated heterocycles. The zero-order chi connectivity index (χ0) is 16.2. The van der Waals surface area contributed by atoms with E-state index in [0.717, 1.165) is 31.6 Å². The number of carbonyl (C=O) groups excluding carboxylic acids is 1. The summed E-state index contributed by atoms with van der Waals surface area (Å²) in [5, 5.41) is 0. The lowest BCUT2D eigenvalue weighted by Crippen LogP contribution is -2.28. The number of aryl methyl sites for hydroxylation is 3. The van der Waals surface area contributed by atoms with Gasteiger partial charge in [0.1, 0.15) is 0 Å². The van der Waals surface area contributed by atoms with Gasteiger partial charge in [0.15, 0.2) is 0 Å². The molecule has 2 heterocycles. The van der Waals surface area contributed by atoms with Gasteiger partial charge in [0, 0.05) is 37.3 Å². The number of benzene rings is 1. The molecule has 3 rings (SSSR count). The first kappa shape index (κ1) is 15.7. The lowest BCUT2D eigenvalue weighted by Gasteiger charge is -2.18. The van der Waals surface area contributed by atoms with E-state index in [-0.39, 0.29) is 5.91 Å². The fourth-order valence-corrected chi connectivity index (χ4v) is 3.46. The first-order chi connectivity index (χ1) is 11.1. The van der Waals surface area contributed by atoms with E-state index >= 15 is 0 Å². The van der Waals surface area contributed by atoms with E-state index in [9.17, 15) is 4.79 Å². The predicted octanol–water partition coefficient (Wildman–Crippen LogP) is 3.65. The average Bonchev–Trinajstić information content (AvgIpc) is 3.03. The topological polar surface area (TPSA) is 33.2 Å². The highest BCUT2D eigenvalue weighted by atomic mass is 16.2. The van der Waals surface area contributed by atoms with E-state index in [1.807, 2.05) is 23.1 Å². The number of hydrogen-bond acceptors (Lipinski definition) is 2. The largest absolute Gasteiger partial charge is 0.342 e. The van der Waals surface area contributed by atoms with Gasteiger partial charge in [-0.1, -0.05) is 29.8 Å². The average molecular weight is 308 g/mol. The molecule has 23 heavy (non-hydrogen) atoms. The number of pyridine rings is 1. The van der Waals surface area contributed by atoms with Crippen LogP contribution in [0.15, 0.2) is 42.6 Å².